The molecule has 1 atom stereocenters. The van der Waals surface area contributed by atoms with Gasteiger partial charge >= 0.3 is 0 Å². The van der Waals surface area contributed by atoms with Gasteiger partial charge in [-0.25, -0.2) is 0 Å². The van der Waals surface area contributed by atoms with Crippen molar-refractivity contribution in [2.75, 3.05) is 6.66 Å². The minimum atomic E-state index is -2.23. The van der Waals surface area contributed by atoms with E-state index >= 15 is 0 Å². The minimum Gasteiger partial charge on any atom is -0.376 e. The van der Waals surface area contributed by atoms with E-state index in [9.17, 15) is 0 Å². The summed E-state index contributed by atoms with van der Waals surface area (Å²) < 4.78 is 13.5. The van der Waals surface area contributed by atoms with Crippen LogP contribution in [0.2, 0.25) is 37.8 Å². The van der Waals surface area contributed by atoms with Gasteiger partial charge in [-0.15, -0.1) is 0 Å². The molecular formula is C41H89O2PSi2. The molecule has 0 N–H and O–H groups in total. The molecule has 0 aliphatic carbocycles. The lowest BCUT2D eigenvalue weighted by molar-refractivity contribution is -0.234. The van der Waals surface area contributed by atoms with Crippen LogP contribution in [0, 0.1) is 54.1 Å². The van der Waals surface area contributed by atoms with Crippen LogP contribution in [-0.2, 0) is 8.43 Å². The normalized spacial score (nSPS) is 17.4. The van der Waals surface area contributed by atoms with Crippen molar-refractivity contribution in [1.82, 2.24) is 0 Å². The van der Waals surface area contributed by atoms with Crippen LogP contribution in [0.25, 0.3) is 0 Å². The van der Waals surface area contributed by atoms with E-state index < -0.39 is 25.0 Å². The smallest absolute Gasteiger partial charge is 0.200 e. The van der Waals surface area contributed by atoms with Crippen molar-refractivity contribution in [3.8, 4) is 0 Å². The summed E-state index contributed by atoms with van der Waals surface area (Å²) >= 11 is 0. The SMILES string of the molecule is CCC(C)(C)C(C)(C)C(C)(C)C(C)(C)C(C)(C)C(C)(C)C(C)(C)C(C)(C)C(C)(C)C(C)(C)C(C)(C)[Si](C)(C)OP(C)O[Si](C)(C)C. The van der Waals surface area contributed by atoms with Gasteiger partial charge < -0.3 is 8.43 Å². The first-order valence-corrected chi connectivity index (χ1v) is 26.5. The fourth-order valence-corrected chi connectivity index (χ4v) is 18.0. The average molecular weight is 701 g/mol. The maximum atomic E-state index is 7.05. The molecule has 0 saturated carbocycles. The Balaban J connectivity index is 7.25. The summed E-state index contributed by atoms with van der Waals surface area (Å²) in [6.45, 7) is 72.5. The predicted octanol–water partition coefficient (Wildman–Crippen LogP) is 15.5. The molecule has 0 aliphatic rings. The Hall–Kier alpha value is 0.784. The highest BCUT2D eigenvalue weighted by molar-refractivity contribution is 7.50. The molecule has 2 nitrogen and oxygen atoms in total. The molecule has 0 aromatic rings. The quantitative estimate of drug-likeness (QED) is 0.118. The maximum absolute atomic E-state index is 7.05. The highest BCUT2D eigenvalue weighted by atomic mass is 31.2. The van der Waals surface area contributed by atoms with E-state index in [0.717, 1.165) is 0 Å². The highest BCUT2D eigenvalue weighted by Crippen LogP contribution is 2.76. The summed E-state index contributed by atoms with van der Waals surface area (Å²) in [5, 5.41) is -0.0209. The van der Waals surface area contributed by atoms with E-state index in [4.69, 9.17) is 8.43 Å². The van der Waals surface area contributed by atoms with Crippen molar-refractivity contribution in [3.05, 3.63) is 0 Å². The summed E-state index contributed by atoms with van der Waals surface area (Å²) in [5.41, 5.74) is 0.318. The van der Waals surface area contributed by atoms with Crippen molar-refractivity contribution in [2.45, 2.75) is 203 Å². The van der Waals surface area contributed by atoms with Gasteiger partial charge in [0.2, 0.25) is 8.32 Å². The molecule has 0 fully saturated rings. The van der Waals surface area contributed by atoms with Crippen molar-refractivity contribution in [1.29, 1.82) is 0 Å². The zero-order chi connectivity index (χ0) is 38.2. The molecule has 0 aromatic carbocycles. The van der Waals surface area contributed by atoms with Crippen molar-refractivity contribution in [2.24, 2.45) is 54.1 Å². The van der Waals surface area contributed by atoms with Crippen molar-refractivity contribution in [3.63, 3.8) is 0 Å². The Bertz CT molecular complexity index is 1050. The van der Waals surface area contributed by atoms with Crippen LogP contribution < -0.4 is 0 Å². The van der Waals surface area contributed by atoms with Gasteiger partial charge in [-0.2, -0.15) is 0 Å². The number of hydrogen-bond acceptors (Lipinski definition) is 2. The Kier molecular flexibility index (Phi) is 13.0. The second-order valence-corrected chi connectivity index (χ2v) is 33.6. The first-order valence-electron chi connectivity index (χ1n) is 18.5. The van der Waals surface area contributed by atoms with Crippen LogP contribution in [0.4, 0.5) is 0 Å². The predicted molar refractivity (Wildman–Crippen MR) is 218 cm³/mol. The van der Waals surface area contributed by atoms with E-state index in [1.165, 1.54) is 6.42 Å². The molecule has 0 rings (SSSR count). The molecule has 278 valence electrons. The maximum Gasteiger partial charge on any atom is 0.200 e. The van der Waals surface area contributed by atoms with Crippen LogP contribution in [0.1, 0.15) is 166 Å². The molecule has 1 unspecified atom stereocenters. The third-order valence-corrected chi connectivity index (χ3v) is 28.6. The van der Waals surface area contributed by atoms with Gasteiger partial charge in [0, 0.05) is 6.66 Å². The molecule has 5 heteroatoms. The lowest BCUT2D eigenvalue weighted by atomic mass is 9.33. The zero-order valence-electron chi connectivity index (χ0n) is 37.5. The highest BCUT2D eigenvalue weighted by Gasteiger charge is 2.69. The molecule has 0 amide bonds. The Morgan fingerprint density at radius 3 is 0.870 bits per heavy atom. The van der Waals surface area contributed by atoms with Crippen LogP contribution in [0.15, 0.2) is 0 Å². The van der Waals surface area contributed by atoms with E-state index in [0.29, 0.717) is 0 Å². The zero-order valence-corrected chi connectivity index (χ0v) is 40.4. The van der Waals surface area contributed by atoms with E-state index in [-0.39, 0.29) is 59.2 Å². The standard InChI is InChI=1S/C41H89O2PSi2/c1-30-31(2,3)32(4,5)33(6,7)34(8,9)35(10,11)36(12,13)37(14,15)38(16,17)39(18,19)40(20,21)41(22,23)46(28,29)43-44(24)42-45(25,26)27/h30H2,1-29H3. The molecule has 0 aliphatic heterocycles. The van der Waals surface area contributed by atoms with Crippen molar-refractivity contribution >= 4 is 25.0 Å². The largest absolute Gasteiger partial charge is 0.376 e. The topological polar surface area (TPSA) is 18.5 Å². The van der Waals surface area contributed by atoms with Gasteiger partial charge in [-0.05, 0) is 91.9 Å². The van der Waals surface area contributed by atoms with Gasteiger partial charge in [0.15, 0.2) is 8.32 Å². The van der Waals surface area contributed by atoms with Gasteiger partial charge in [-0.1, -0.05) is 166 Å². The van der Waals surface area contributed by atoms with Gasteiger partial charge in [0.05, 0.1) is 0 Å². The Morgan fingerprint density at radius 2 is 0.630 bits per heavy atom. The second kappa shape index (κ2) is 12.8. The monoisotopic (exact) mass is 701 g/mol. The molecule has 0 spiro atoms. The third kappa shape index (κ3) is 6.75. The fourth-order valence-electron chi connectivity index (χ4n) is 9.13. The molecule has 0 aromatic heterocycles. The molecular weight excluding hydrogens is 612 g/mol. The molecule has 0 bridgehead atoms. The van der Waals surface area contributed by atoms with Gasteiger partial charge in [-0.3, -0.25) is 0 Å². The Morgan fingerprint density at radius 1 is 0.391 bits per heavy atom. The van der Waals surface area contributed by atoms with Crippen LogP contribution >= 0.6 is 8.38 Å². The molecule has 46 heavy (non-hydrogen) atoms. The minimum absolute atomic E-state index is 0.00443. The molecule has 0 heterocycles. The number of rotatable bonds is 16. The lowest BCUT2D eigenvalue weighted by Crippen LogP contribution is -2.66. The van der Waals surface area contributed by atoms with Crippen LogP contribution in [0.5, 0.6) is 0 Å². The summed E-state index contributed by atoms with van der Waals surface area (Å²) in [7, 11) is -4.82. The van der Waals surface area contributed by atoms with Gasteiger partial charge in [0.25, 0.3) is 0 Å². The Labute approximate surface area is 296 Å². The van der Waals surface area contributed by atoms with E-state index in [1.807, 2.05) is 0 Å². The lowest BCUT2D eigenvalue weighted by Gasteiger charge is -2.72. The second-order valence-electron chi connectivity index (χ2n) is 22.7. The van der Waals surface area contributed by atoms with E-state index in [2.05, 4.69) is 199 Å². The first-order chi connectivity index (χ1) is 19.4. The third-order valence-electron chi connectivity index (χ3n) is 18.9. The van der Waals surface area contributed by atoms with Crippen LogP contribution in [-0.4, -0.2) is 23.3 Å². The summed E-state index contributed by atoms with van der Waals surface area (Å²) in [6.07, 6.45) is 1.18. The van der Waals surface area contributed by atoms with Crippen molar-refractivity contribution < 1.29 is 8.43 Å². The summed E-state index contributed by atoms with van der Waals surface area (Å²) in [4.78, 5) is 0. The summed E-state index contributed by atoms with van der Waals surface area (Å²) in [5.74, 6) is 0. The first kappa shape index (κ1) is 46.8. The molecule has 0 saturated heterocycles. The van der Waals surface area contributed by atoms with E-state index in [1.54, 1.807) is 0 Å². The number of hydrogen-bond donors (Lipinski definition) is 0. The fraction of sp³-hybridized carbons (Fsp3) is 1.00. The summed E-state index contributed by atoms with van der Waals surface area (Å²) in [6, 6.07) is 0. The molecule has 0 radical (unpaired) electrons. The van der Waals surface area contributed by atoms with Gasteiger partial charge in [0.1, 0.15) is 8.38 Å². The van der Waals surface area contributed by atoms with Crippen LogP contribution in [0.3, 0.4) is 0 Å². The average Bonchev–Trinajstić information content (AvgIpc) is 2.80.